The van der Waals surface area contributed by atoms with E-state index in [-0.39, 0.29) is 18.3 Å². The van der Waals surface area contributed by atoms with Crippen LogP contribution in [0.25, 0.3) is 10.8 Å². The molecule has 0 N–H and O–H groups in total. The van der Waals surface area contributed by atoms with Crippen molar-refractivity contribution >= 4 is 33.7 Å². The van der Waals surface area contributed by atoms with Gasteiger partial charge in [-0.2, -0.15) is 0 Å². The quantitative estimate of drug-likeness (QED) is 0.433. The molecule has 4 aromatic rings. The number of nitrogens with zero attached hydrogens (tertiary/aromatic N) is 2. The number of halogens is 1. The molecule has 0 saturated heterocycles. The number of aromatic nitrogens is 1. The summed E-state index contributed by atoms with van der Waals surface area (Å²) in [6.07, 6.45) is 0. The normalized spacial score (nSPS) is 10.8. The third kappa shape index (κ3) is 4.43. The van der Waals surface area contributed by atoms with E-state index in [1.807, 2.05) is 54.8 Å². The summed E-state index contributed by atoms with van der Waals surface area (Å²) in [7, 11) is 0. The van der Waals surface area contributed by atoms with E-state index >= 15 is 0 Å². The fraction of sp³-hybridized carbons (Fsp3) is 0.130. The van der Waals surface area contributed by atoms with Crippen LogP contribution in [0.3, 0.4) is 0 Å². The molecule has 0 aliphatic rings. The highest BCUT2D eigenvalue weighted by Crippen LogP contribution is 2.26. The van der Waals surface area contributed by atoms with Gasteiger partial charge in [-0.25, -0.2) is 9.37 Å². The number of fused-ring (bicyclic) bond motifs is 1. The van der Waals surface area contributed by atoms with Crippen molar-refractivity contribution in [3.63, 3.8) is 0 Å². The van der Waals surface area contributed by atoms with Crippen molar-refractivity contribution in [2.75, 3.05) is 11.5 Å². The van der Waals surface area contributed by atoms with Crippen LogP contribution in [-0.4, -0.2) is 17.5 Å². The highest BCUT2D eigenvalue weighted by Gasteiger charge is 2.19. The number of carbonyl (C=O) groups is 1. The van der Waals surface area contributed by atoms with Crippen LogP contribution >= 0.6 is 11.3 Å². The Morgan fingerprint density at radius 2 is 1.83 bits per heavy atom. The van der Waals surface area contributed by atoms with Gasteiger partial charge in [0.2, 0.25) is 0 Å². The van der Waals surface area contributed by atoms with Crippen molar-refractivity contribution in [3.8, 4) is 5.75 Å². The van der Waals surface area contributed by atoms with Gasteiger partial charge < -0.3 is 9.64 Å². The van der Waals surface area contributed by atoms with E-state index in [9.17, 15) is 9.18 Å². The van der Waals surface area contributed by atoms with Gasteiger partial charge in [-0.05, 0) is 42.6 Å². The summed E-state index contributed by atoms with van der Waals surface area (Å²) >= 11 is 1.53. The van der Waals surface area contributed by atoms with Gasteiger partial charge in [-0.3, -0.25) is 4.79 Å². The Bertz CT molecular complexity index is 1140. The Labute approximate surface area is 172 Å². The van der Waals surface area contributed by atoms with Crippen molar-refractivity contribution in [1.29, 1.82) is 0 Å². The molecular weight excluding hydrogens is 387 g/mol. The molecule has 0 unspecified atom stereocenters. The maximum absolute atomic E-state index is 13.4. The summed E-state index contributed by atoms with van der Waals surface area (Å²) in [6.45, 7) is 2.09. The van der Waals surface area contributed by atoms with E-state index in [2.05, 4.69) is 4.98 Å². The molecule has 0 aliphatic carbocycles. The first kappa shape index (κ1) is 19.1. The van der Waals surface area contributed by atoms with E-state index in [0.29, 0.717) is 18.0 Å². The molecule has 0 radical (unpaired) electrons. The summed E-state index contributed by atoms with van der Waals surface area (Å²) in [5, 5.41) is 4.85. The van der Waals surface area contributed by atoms with Gasteiger partial charge in [0.25, 0.3) is 5.91 Å². The van der Waals surface area contributed by atoms with Gasteiger partial charge in [-0.1, -0.05) is 36.4 Å². The van der Waals surface area contributed by atoms with Crippen molar-refractivity contribution in [3.05, 3.63) is 88.6 Å². The number of thiazole rings is 1. The lowest BCUT2D eigenvalue weighted by Crippen LogP contribution is -2.34. The number of hydrogen-bond acceptors (Lipinski definition) is 4. The first-order chi connectivity index (χ1) is 14.1. The van der Waals surface area contributed by atoms with Gasteiger partial charge in [-0.15, -0.1) is 11.3 Å². The summed E-state index contributed by atoms with van der Waals surface area (Å²) in [4.78, 5) is 19.0. The number of hydrogen-bond donors (Lipinski definition) is 0. The van der Waals surface area contributed by atoms with Crippen LogP contribution in [0, 0.1) is 12.7 Å². The Balaban J connectivity index is 1.56. The Kier molecular flexibility index (Phi) is 5.53. The zero-order valence-corrected chi connectivity index (χ0v) is 16.7. The number of anilines is 1. The average molecular weight is 406 g/mol. The maximum atomic E-state index is 13.4. The van der Waals surface area contributed by atoms with Crippen LogP contribution < -0.4 is 9.64 Å². The second-order valence-corrected chi connectivity index (χ2v) is 7.64. The minimum atomic E-state index is -0.349. The van der Waals surface area contributed by atoms with Crippen molar-refractivity contribution in [2.24, 2.45) is 0 Å². The van der Waals surface area contributed by atoms with E-state index in [0.717, 1.165) is 21.5 Å². The number of ether oxygens (including phenoxy) is 1. The van der Waals surface area contributed by atoms with Gasteiger partial charge >= 0.3 is 0 Å². The smallest absolute Gasteiger partial charge is 0.265 e. The van der Waals surface area contributed by atoms with Crippen LogP contribution in [0.5, 0.6) is 5.75 Å². The third-order valence-electron chi connectivity index (χ3n) is 4.53. The first-order valence-electron chi connectivity index (χ1n) is 9.17. The lowest BCUT2D eigenvalue weighted by Gasteiger charge is -2.22. The lowest BCUT2D eigenvalue weighted by molar-refractivity contribution is -0.120. The average Bonchev–Trinajstić information content (AvgIpc) is 3.16. The number of rotatable bonds is 6. The van der Waals surface area contributed by atoms with Gasteiger partial charge in [0, 0.05) is 16.5 Å². The maximum Gasteiger partial charge on any atom is 0.265 e. The first-order valence-corrected chi connectivity index (χ1v) is 10.1. The van der Waals surface area contributed by atoms with Crippen LogP contribution in [-0.2, 0) is 11.3 Å². The standard InChI is InChI=1S/C23H19FN2O2S/c1-16-25-19(15-29-16)13-26(20-11-9-18(24)10-12-20)23(27)14-28-22-8-4-6-17-5-2-3-7-21(17)22/h2-12,15H,13-14H2,1H3. The molecule has 0 spiro atoms. The molecule has 4 rings (SSSR count). The Morgan fingerprint density at radius 1 is 1.07 bits per heavy atom. The summed E-state index contributed by atoms with van der Waals surface area (Å²) in [6, 6.07) is 19.5. The van der Waals surface area contributed by atoms with Crippen LogP contribution in [0.15, 0.2) is 72.1 Å². The second-order valence-electron chi connectivity index (χ2n) is 6.58. The van der Waals surface area contributed by atoms with Gasteiger partial charge in [0.05, 0.1) is 17.2 Å². The molecule has 1 heterocycles. The van der Waals surface area contributed by atoms with E-state index < -0.39 is 0 Å². The number of aryl methyl sites for hydroxylation is 1. The number of carbonyl (C=O) groups excluding carboxylic acids is 1. The highest BCUT2D eigenvalue weighted by atomic mass is 32.1. The molecule has 0 bridgehead atoms. The zero-order chi connectivity index (χ0) is 20.2. The molecule has 4 nitrogen and oxygen atoms in total. The highest BCUT2D eigenvalue weighted by molar-refractivity contribution is 7.09. The molecule has 29 heavy (non-hydrogen) atoms. The van der Waals surface area contributed by atoms with Crippen LogP contribution in [0.4, 0.5) is 10.1 Å². The lowest BCUT2D eigenvalue weighted by atomic mass is 10.1. The second kappa shape index (κ2) is 8.41. The number of amides is 1. The molecule has 3 aromatic carbocycles. The molecule has 1 amide bonds. The minimum absolute atomic E-state index is 0.130. The van der Waals surface area contributed by atoms with Crippen LogP contribution in [0.2, 0.25) is 0 Å². The van der Waals surface area contributed by atoms with Crippen LogP contribution in [0.1, 0.15) is 10.7 Å². The summed E-state index contributed by atoms with van der Waals surface area (Å²) in [5.41, 5.74) is 1.39. The fourth-order valence-electron chi connectivity index (χ4n) is 3.13. The molecule has 0 atom stereocenters. The fourth-order valence-corrected chi connectivity index (χ4v) is 3.73. The molecule has 146 valence electrons. The number of benzene rings is 3. The Hall–Kier alpha value is -3.25. The largest absolute Gasteiger partial charge is 0.483 e. The topological polar surface area (TPSA) is 42.4 Å². The van der Waals surface area contributed by atoms with Gasteiger partial charge in [0.1, 0.15) is 11.6 Å². The molecule has 0 aliphatic heterocycles. The predicted octanol–water partition coefficient (Wildman–Crippen LogP) is 5.36. The summed E-state index contributed by atoms with van der Waals surface area (Å²) in [5.74, 6) is 0.0767. The SMILES string of the molecule is Cc1nc(CN(C(=O)COc2cccc3ccccc23)c2ccc(F)cc2)cs1. The molecule has 6 heteroatoms. The Morgan fingerprint density at radius 3 is 2.59 bits per heavy atom. The van der Waals surface area contributed by atoms with Gasteiger partial charge in [0.15, 0.2) is 6.61 Å². The van der Waals surface area contributed by atoms with Crippen molar-refractivity contribution in [2.45, 2.75) is 13.5 Å². The van der Waals surface area contributed by atoms with Crippen molar-refractivity contribution < 1.29 is 13.9 Å². The zero-order valence-electron chi connectivity index (χ0n) is 15.8. The van der Waals surface area contributed by atoms with Crippen molar-refractivity contribution in [1.82, 2.24) is 4.98 Å². The van der Waals surface area contributed by atoms with E-state index in [4.69, 9.17) is 4.74 Å². The molecule has 1 aromatic heterocycles. The molecular formula is C23H19FN2O2S. The predicted molar refractivity (Wildman–Crippen MR) is 114 cm³/mol. The van der Waals surface area contributed by atoms with E-state index in [1.54, 1.807) is 17.0 Å². The van der Waals surface area contributed by atoms with E-state index in [1.165, 1.54) is 23.5 Å². The minimum Gasteiger partial charge on any atom is -0.483 e. The third-order valence-corrected chi connectivity index (χ3v) is 5.35. The molecule has 0 fully saturated rings. The monoisotopic (exact) mass is 406 g/mol. The molecule has 0 saturated carbocycles. The summed E-state index contributed by atoms with van der Waals surface area (Å²) < 4.78 is 19.2.